The van der Waals surface area contributed by atoms with E-state index in [1.807, 2.05) is 24.3 Å². The van der Waals surface area contributed by atoms with Gasteiger partial charge in [-0.3, -0.25) is 4.55 Å². The maximum Gasteiger partial charge on any atom is 0.410 e. The first kappa shape index (κ1) is 26.4. The van der Waals surface area contributed by atoms with Crippen molar-refractivity contribution in [3.8, 4) is 0 Å². The quantitative estimate of drug-likeness (QED) is 0.597. The van der Waals surface area contributed by atoms with Crippen LogP contribution in [0.25, 0.3) is 0 Å². The van der Waals surface area contributed by atoms with Crippen LogP contribution in [-0.2, 0) is 27.9 Å². The minimum atomic E-state index is -3.67. The van der Waals surface area contributed by atoms with Crippen molar-refractivity contribution in [2.45, 2.75) is 32.3 Å². The fourth-order valence-corrected chi connectivity index (χ4v) is 3.11. The van der Waals surface area contributed by atoms with E-state index in [-0.39, 0.29) is 26.1 Å². The Hall–Kier alpha value is -2.86. The normalized spacial score (nSPS) is 17.5. The lowest BCUT2D eigenvalue weighted by Gasteiger charge is -2.37. The number of carbonyl (C=O) groups is 1. The SMILES string of the molecule is CCc1ccc(COC(=O)N2CCC(CNc3ncccn3)C(F)(F)C2)cc1.CS(=O)(=O)O. The highest BCUT2D eigenvalue weighted by molar-refractivity contribution is 7.85. The van der Waals surface area contributed by atoms with Crippen molar-refractivity contribution in [1.82, 2.24) is 14.9 Å². The number of nitrogens with one attached hydrogen (secondary N) is 1. The third-order valence-electron chi connectivity index (χ3n) is 4.87. The minimum Gasteiger partial charge on any atom is -0.445 e. The summed E-state index contributed by atoms with van der Waals surface area (Å²) in [5.41, 5.74) is 2.02. The van der Waals surface area contributed by atoms with E-state index in [9.17, 15) is 22.0 Å². The average molecular weight is 487 g/mol. The van der Waals surface area contributed by atoms with Gasteiger partial charge in [-0.15, -0.1) is 0 Å². The van der Waals surface area contributed by atoms with Crippen molar-refractivity contribution in [2.75, 3.05) is 31.2 Å². The minimum absolute atomic E-state index is 0.0453. The summed E-state index contributed by atoms with van der Waals surface area (Å²) in [5, 5.41) is 2.83. The molecule has 1 aromatic carbocycles. The molecule has 9 nitrogen and oxygen atoms in total. The summed E-state index contributed by atoms with van der Waals surface area (Å²) < 4.78 is 60.1. The Morgan fingerprint density at radius 2 is 1.82 bits per heavy atom. The van der Waals surface area contributed by atoms with Gasteiger partial charge in [-0.25, -0.2) is 23.5 Å². The number of amides is 1. The molecule has 3 rings (SSSR count). The Balaban J connectivity index is 0.000000696. The van der Waals surface area contributed by atoms with Crippen LogP contribution in [-0.4, -0.2) is 65.7 Å². The average Bonchev–Trinajstić information content (AvgIpc) is 2.76. The van der Waals surface area contributed by atoms with Crippen LogP contribution in [0.15, 0.2) is 42.7 Å². The first-order valence-electron chi connectivity index (χ1n) is 10.3. The predicted molar refractivity (Wildman–Crippen MR) is 119 cm³/mol. The number of hydrogen-bond donors (Lipinski definition) is 2. The number of ether oxygens (including phenoxy) is 1. The van der Waals surface area contributed by atoms with Crippen LogP contribution in [0.4, 0.5) is 19.5 Å². The van der Waals surface area contributed by atoms with E-state index in [2.05, 4.69) is 22.2 Å². The van der Waals surface area contributed by atoms with Gasteiger partial charge in [0.05, 0.1) is 12.8 Å². The molecule has 0 radical (unpaired) electrons. The van der Waals surface area contributed by atoms with Crippen molar-refractivity contribution in [2.24, 2.45) is 5.92 Å². The smallest absolute Gasteiger partial charge is 0.410 e. The molecule has 33 heavy (non-hydrogen) atoms. The summed E-state index contributed by atoms with van der Waals surface area (Å²) in [4.78, 5) is 21.2. The third kappa shape index (κ3) is 9.66. The van der Waals surface area contributed by atoms with Gasteiger partial charge >= 0.3 is 6.09 Å². The van der Waals surface area contributed by atoms with E-state index in [0.29, 0.717) is 12.2 Å². The summed E-state index contributed by atoms with van der Waals surface area (Å²) in [5.74, 6) is -3.60. The van der Waals surface area contributed by atoms with Crippen LogP contribution in [0.2, 0.25) is 0 Å². The number of hydrogen-bond acceptors (Lipinski definition) is 7. The van der Waals surface area contributed by atoms with Crippen molar-refractivity contribution >= 4 is 22.2 Å². The summed E-state index contributed by atoms with van der Waals surface area (Å²) in [6, 6.07) is 9.34. The topological polar surface area (TPSA) is 122 Å². The van der Waals surface area contributed by atoms with Gasteiger partial charge in [0, 0.05) is 31.4 Å². The number of benzene rings is 1. The zero-order chi connectivity index (χ0) is 24.5. The highest BCUT2D eigenvalue weighted by Crippen LogP contribution is 2.33. The number of aryl methyl sites for hydroxylation is 1. The number of rotatable bonds is 6. The van der Waals surface area contributed by atoms with Gasteiger partial charge in [0.25, 0.3) is 16.0 Å². The molecule has 0 bridgehead atoms. The lowest BCUT2D eigenvalue weighted by atomic mass is 9.93. The molecule has 2 heterocycles. The Labute approximate surface area is 191 Å². The number of carbonyl (C=O) groups excluding carboxylic acids is 1. The molecular weight excluding hydrogens is 458 g/mol. The van der Waals surface area contributed by atoms with Crippen LogP contribution >= 0.6 is 0 Å². The molecule has 2 N–H and O–H groups in total. The van der Waals surface area contributed by atoms with Crippen molar-refractivity contribution in [3.05, 3.63) is 53.9 Å². The molecule has 1 saturated heterocycles. The summed E-state index contributed by atoms with van der Waals surface area (Å²) in [6.07, 6.45) is 4.19. The fraction of sp³-hybridized carbons (Fsp3) is 0.476. The van der Waals surface area contributed by atoms with Gasteiger partial charge in [0.2, 0.25) is 5.95 Å². The van der Waals surface area contributed by atoms with Gasteiger partial charge in [0.1, 0.15) is 6.61 Å². The molecule has 0 spiro atoms. The zero-order valence-electron chi connectivity index (χ0n) is 18.4. The maximum atomic E-state index is 14.5. The Morgan fingerprint density at radius 3 is 2.36 bits per heavy atom. The lowest BCUT2D eigenvalue weighted by Crippen LogP contribution is -2.52. The van der Waals surface area contributed by atoms with E-state index in [0.717, 1.165) is 16.9 Å². The Morgan fingerprint density at radius 1 is 1.24 bits per heavy atom. The molecule has 1 unspecified atom stereocenters. The zero-order valence-corrected chi connectivity index (χ0v) is 19.3. The molecule has 0 saturated carbocycles. The number of piperidine rings is 1. The summed E-state index contributed by atoms with van der Waals surface area (Å²) >= 11 is 0. The highest BCUT2D eigenvalue weighted by Gasteiger charge is 2.46. The van der Waals surface area contributed by atoms with Crippen molar-refractivity contribution in [3.63, 3.8) is 0 Å². The number of alkyl halides is 2. The third-order valence-corrected chi connectivity index (χ3v) is 4.87. The molecule has 1 aliphatic heterocycles. The molecule has 1 aromatic heterocycles. The van der Waals surface area contributed by atoms with Crippen molar-refractivity contribution < 1.29 is 31.3 Å². The van der Waals surface area contributed by atoms with E-state index < -0.39 is 34.6 Å². The standard InChI is InChI=1S/C20H24F2N4O2.CH4O3S/c1-2-15-4-6-16(7-5-15)13-28-19(27)26-11-8-17(20(21,22)14-26)12-25-18-23-9-3-10-24-18;1-5(2,3)4/h3-7,9-10,17H,2,8,11-14H2,1H3,(H,23,24,25);1H3,(H,2,3,4). The fourth-order valence-electron chi connectivity index (χ4n) is 3.11. The molecule has 1 fully saturated rings. The largest absolute Gasteiger partial charge is 0.445 e. The van der Waals surface area contributed by atoms with Gasteiger partial charge < -0.3 is 15.0 Å². The Kier molecular flexibility index (Phi) is 9.47. The number of aromatic nitrogens is 2. The van der Waals surface area contributed by atoms with E-state index in [1.54, 1.807) is 18.5 Å². The lowest BCUT2D eigenvalue weighted by molar-refractivity contribution is -0.102. The molecule has 1 amide bonds. The predicted octanol–water partition coefficient (Wildman–Crippen LogP) is 3.25. The first-order valence-corrected chi connectivity index (χ1v) is 12.1. The second-order valence-electron chi connectivity index (χ2n) is 7.58. The number of likely N-dealkylation sites (tertiary alicyclic amines) is 1. The maximum absolute atomic E-state index is 14.5. The van der Waals surface area contributed by atoms with Crippen LogP contribution in [0, 0.1) is 5.92 Å². The summed E-state index contributed by atoms with van der Waals surface area (Å²) in [6.45, 7) is 1.75. The molecule has 12 heteroatoms. The van der Waals surface area contributed by atoms with Crippen LogP contribution in [0.3, 0.4) is 0 Å². The van der Waals surface area contributed by atoms with Crippen molar-refractivity contribution in [1.29, 1.82) is 0 Å². The second-order valence-corrected chi connectivity index (χ2v) is 9.05. The molecule has 0 aliphatic carbocycles. The van der Waals surface area contributed by atoms with E-state index in [4.69, 9.17) is 9.29 Å². The van der Waals surface area contributed by atoms with Gasteiger partial charge in [-0.05, 0) is 30.0 Å². The molecule has 1 atom stereocenters. The number of halogens is 2. The molecule has 1 aliphatic rings. The monoisotopic (exact) mass is 486 g/mol. The van der Waals surface area contributed by atoms with Gasteiger partial charge in [-0.2, -0.15) is 8.42 Å². The van der Waals surface area contributed by atoms with E-state index >= 15 is 0 Å². The van der Waals surface area contributed by atoms with Crippen LogP contribution in [0.5, 0.6) is 0 Å². The van der Waals surface area contributed by atoms with E-state index in [1.165, 1.54) is 5.56 Å². The first-order chi connectivity index (χ1) is 15.5. The summed E-state index contributed by atoms with van der Waals surface area (Å²) in [7, 11) is -3.67. The molecule has 2 aromatic rings. The highest BCUT2D eigenvalue weighted by atomic mass is 32.2. The van der Waals surface area contributed by atoms with Crippen LogP contribution < -0.4 is 5.32 Å². The Bertz CT molecular complexity index is 983. The van der Waals surface area contributed by atoms with Crippen LogP contribution in [0.1, 0.15) is 24.5 Å². The number of nitrogens with zero attached hydrogens (tertiary/aromatic N) is 3. The van der Waals surface area contributed by atoms with Gasteiger partial charge in [-0.1, -0.05) is 31.2 Å². The molecular formula is C21H28F2N4O5S. The second kappa shape index (κ2) is 11.8. The molecule has 182 valence electrons. The number of anilines is 1. The van der Waals surface area contributed by atoms with Gasteiger partial charge in [0.15, 0.2) is 0 Å².